The molecule has 3 rings (SSSR count). The summed E-state index contributed by atoms with van der Waals surface area (Å²) in [6, 6.07) is 4.42. The van der Waals surface area contributed by atoms with E-state index in [1.807, 2.05) is 16.8 Å². The van der Waals surface area contributed by atoms with Crippen molar-refractivity contribution in [2.24, 2.45) is 11.7 Å². The van der Waals surface area contributed by atoms with Gasteiger partial charge in [0.15, 0.2) is 5.65 Å². The molecule has 3 heterocycles. The minimum atomic E-state index is 0.353. The van der Waals surface area contributed by atoms with Gasteiger partial charge >= 0.3 is 0 Å². The largest absolute Gasteiger partial charge is 0.335 e. The van der Waals surface area contributed by atoms with E-state index in [0.717, 1.165) is 23.7 Å². The van der Waals surface area contributed by atoms with Crippen LogP contribution in [0.25, 0.3) is 5.65 Å². The molecule has 2 unspecified atom stereocenters. The third-order valence-corrected chi connectivity index (χ3v) is 4.16. The first kappa shape index (κ1) is 12.4. The van der Waals surface area contributed by atoms with Gasteiger partial charge in [-0.15, -0.1) is 5.10 Å². The van der Waals surface area contributed by atoms with Crippen molar-refractivity contribution in [3.8, 4) is 0 Å². The van der Waals surface area contributed by atoms with Crippen LogP contribution in [0.4, 0.5) is 5.95 Å². The molecule has 2 aromatic heterocycles. The molecule has 102 valence electrons. The van der Waals surface area contributed by atoms with E-state index < -0.39 is 0 Å². The maximum Gasteiger partial charge on any atom is 0.245 e. The van der Waals surface area contributed by atoms with Crippen molar-refractivity contribution in [3.05, 3.63) is 23.9 Å². The molecule has 0 saturated carbocycles. The van der Waals surface area contributed by atoms with E-state index in [-0.39, 0.29) is 0 Å². The van der Waals surface area contributed by atoms with Crippen molar-refractivity contribution in [3.63, 3.8) is 0 Å². The zero-order valence-corrected chi connectivity index (χ0v) is 11.6. The molecule has 1 aliphatic heterocycles. The van der Waals surface area contributed by atoms with Gasteiger partial charge in [-0.3, -0.25) is 0 Å². The number of nitrogens with zero attached hydrogens (tertiary/aromatic N) is 4. The van der Waals surface area contributed by atoms with Crippen molar-refractivity contribution < 1.29 is 0 Å². The average molecular weight is 259 g/mol. The lowest BCUT2D eigenvalue weighted by Crippen LogP contribution is -2.49. The highest BCUT2D eigenvalue weighted by atomic mass is 15.4. The van der Waals surface area contributed by atoms with Gasteiger partial charge in [0.25, 0.3) is 0 Å². The predicted molar refractivity (Wildman–Crippen MR) is 76.3 cm³/mol. The van der Waals surface area contributed by atoms with Crippen molar-refractivity contribution in [1.82, 2.24) is 14.6 Å². The Kier molecular flexibility index (Phi) is 3.14. The van der Waals surface area contributed by atoms with Gasteiger partial charge in [-0.1, -0.05) is 13.0 Å². The fourth-order valence-electron chi connectivity index (χ4n) is 3.01. The molecular weight excluding hydrogens is 238 g/mol. The fraction of sp³-hybridized carbons (Fsp3) is 0.571. The number of aryl methyl sites for hydroxylation is 1. The molecule has 0 aliphatic carbocycles. The Morgan fingerprint density at radius 3 is 3.05 bits per heavy atom. The van der Waals surface area contributed by atoms with Gasteiger partial charge in [-0.2, -0.15) is 4.98 Å². The number of aromatic nitrogens is 3. The Balaban J connectivity index is 2.00. The Bertz CT molecular complexity index is 576. The zero-order valence-electron chi connectivity index (χ0n) is 11.6. The molecule has 5 heteroatoms. The SMILES string of the molecule is Cc1cccn2nc(N3CCCC(C)C3CN)nc12. The summed E-state index contributed by atoms with van der Waals surface area (Å²) in [6.45, 7) is 6.00. The molecule has 2 atom stereocenters. The summed E-state index contributed by atoms with van der Waals surface area (Å²) in [6.07, 6.45) is 4.38. The van der Waals surface area contributed by atoms with Crippen LogP contribution >= 0.6 is 0 Å². The van der Waals surface area contributed by atoms with E-state index in [2.05, 4.69) is 29.9 Å². The monoisotopic (exact) mass is 259 g/mol. The van der Waals surface area contributed by atoms with Crippen molar-refractivity contribution in [2.75, 3.05) is 18.0 Å². The number of rotatable bonds is 2. The van der Waals surface area contributed by atoms with Crippen LogP contribution in [0.5, 0.6) is 0 Å². The summed E-state index contributed by atoms with van der Waals surface area (Å²) < 4.78 is 1.86. The second-order valence-corrected chi connectivity index (χ2v) is 5.49. The van der Waals surface area contributed by atoms with E-state index in [0.29, 0.717) is 18.5 Å². The Labute approximate surface area is 113 Å². The van der Waals surface area contributed by atoms with Crippen LogP contribution in [-0.4, -0.2) is 33.7 Å². The van der Waals surface area contributed by atoms with Gasteiger partial charge in [0.05, 0.1) is 0 Å². The number of nitrogens with two attached hydrogens (primary N) is 1. The van der Waals surface area contributed by atoms with Crippen LogP contribution in [-0.2, 0) is 0 Å². The standard InChI is InChI=1S/C14H21N5/c1-10-5-3-7-18(12(10)9-15)14-16-13-11(2)6-4-8-19(13)17-14/h4,6,8,10,12H,3,5,7,9,15H2,1-2H3. The van der Waals surface area contributed by atoms with Crippen molar-refractivity contribution in [2.45, 2.75) is 32.7 Å². The van der Waals surface area contributed by atoms with Crippen molar-refractivity contribution in [1.29, 1.82) is 0 Å². The maximum absolute atomic E-state index is 5.94. The molecule has 0 aromatic carbocycles. The van der Waals surface area contributed by atoms with Crippen LogP contribution in [0, 0.1) is 12.8 Å². The summed E-state index contributed by atoms with van der Waals surface area (Å²) in [5.74, 6) is 1.42. The van der Waals surface area contributed by atoms with Crippen LogP contribution in [0.15, 0.2) is 18.3 Å². The molecule has 1 aliphatic rings. The van der Waals surface area contributed by atoms with Crippen LogP contribution < -0.4 is 10.6 Å². The summed E-state index contributed by atoms with van der Waals surface area (Å²) >= 11 is 0. The van der Waals surface area contributed by atoms with Gasteiger partial charge < -0.3 is 10.6 Å². The van der Waals surface area contributed by atoms with E-state index >= 15 is 0 Å². The van der Waals surface area contributed by atoms with E-state index in [4.69, 9.17) is 10.7 Å². The molecule has 19 heavy (non-hydrogen) atoms. The lowest BCUT2D eigenvalue weighted by atomic mass is 9.91. The third-order valence-electron chi connectivity index (χ3n) is 4.16. The Morgan fingerprint density at radius 2 is 2.32 bits per heavy atom. The fourth-order valence-corrected chi connectivity index (χ4v) is 3.01. The van der Waals surface area contributed by atoms with Gasteiger partial charge in [-0.25, -0.2) is 4.52 Å². The molecule has 2 aromatic rings. The first-order valence-corrected chi connectivity index (χ1v) is 6.99. The molecule has 2 N–H and O–H groups in total. The molecule has 0 spiro atoms. The average Bonchev–Trinajstić information content (AvgIpc) is 2.84. The molecular formula is C14H21N5. The third kappa shape index (κ3) is 2.08. The molecule has 1 fully saturated rings. The number of hydrogen-bond acceptors (Lipinski definition) is 4. The molecule has 0 amide bonds. The summed E-state index contributed by atoms with van der Waals surface area (Å²) in [5, 5.41) is 4.61. The van der Waals surface area contributed by atoms with Gasteiger partial charge in [0, 0.05) is 25.3 Å². The van der Waals surface area contributed by atoms with Crippen LogP contribution in [0.1, 0.15) is 25.3 Å². The zero-order chi connectivity index (χ0) is 13.4. The molecule has 1 saturated heterocycles. The lowest BCUT2D eigenvalue weighted by Gasteiger charge is -2.38. The minimum Gasteiger partial charge on any atom is -0.335 e. The van der Waals surface area contributed by atoms with Crippen LogP contribution in [0.3, 0.4) is 0 Å². The molecule has 0 radical (unpaired) electrons. The highest BCUT2D eigenvalue weighted by Crippen LogP contribution is 2.26. The normalized spacial score (nSPS) is 24.1. The molecule has 5 nitrogen and oxygen atoms in total. The first-order chi connectivity index (χ1) is 9.20. The highest BCUT2D eigenvalue weighted by Gasteiger charge is 2.29. The first-order valence-electron chi connectivity index (χ1n) is 6.99. The number of anilines is 1. The number of fused-ring (bicyclic) bond motifs is 1. The summed E-state index contributed by atoms with van der Waals surface area (Å²) in [4.78, 5) is 6.97. The van der Waals surface area contributed by atoms with E-state index in [1.165, 1.54) is 12.8 Å². The van der Waals surface area contributed by atoms with Crippen LogP contribution in [0.2, 0.25) is 0 Å². The van der Waals surface area contributed by atoms with Gasteiger partial charge in [-0.05, 0) is 37.3 Å². The number of piperidine rings is 1. The topological polar surface area (TPSA) is 59.5 Å². The number of pyridine rings is 1. The van der Waals surface area contributed by atoms with E-state index in [9.17, 15) is 0 Å². The van der Waals surface area contributed by atoms with Crippen molar-refractivity contribution >= 4 is 11.6 Å². The van der Waals surface area contributed by atoms with Gasteiger partial charge in [0.1, 0.15) is 0 Å². The maximum atomic E-state index is 5.94. The predicted octanol–water partition coefficient (Wildman–Crippen LogP) is 1.60. The lowest BCUT2D eigenvalue weighted by molar-refractivity contribution is 0.346. The Morgan fingerprint density at radius 1 is 1.47 bits per heavy atom. The summed E-state index contributed by atoms with van der Waals surface area (Å²) in [5.41, 5.74) is 8.03. The second kappa shape index (κ2) is 4.81. The molecule has 0 bridgehead atoms. The van der Waals surface area contributed by atoms with E-state index in [1.54, 1.807) is 0 Å². The van der Waals surface area contributed by atoms with Gasteiger partial charge in [0.2, 0.25) is 5.95 Å². The quantitative estimate of drug-likeness (QED) is 0.890. The number of hydrogen-bond donors (Lipinski definition) is 1. The smallest absolute Gasteiger partial charge is 0.245 e. The Hall–Kier alpha value is -1.62. The second-order valence-electron chi connectivity index (χ2n) is 5.49. The minimum absolute atomic E-state index is 0.353. The summed E-state index contributed by atoms with van der Waals surface area (Å²) in [7, 11) is 0. The highest BCUT2D eigenvalue weighted by molar-refractivity contribution is 5.51.